The third kappa shape index (κ3) is 3.63. The normalized spacial score (nSPS) is 16.8. The second kappa shape index (κ2) is 6.09. The molecular weight excluding hydrogens is 246 g/mol. The molecule has 0 radical (unpaired) electrons. The van der Waals surface area contributed by atoms with Gasteiger partial charge in [0.2, 0.25) is 5.91 Å². The number of anilines is 1. The first-order valence-corrected chi connectivity index (χ1v) is 7.26. The fourth-order valence-corrected chi connectivity index (χ4v) is 2.71. The number of nitrogen functional groups attached to an aromatic ring is 1. The Bertz CT molecular complexity index is 399. The minimum atomic E-state index is 0.213. The van der Waals surface area contributed by atoms with Crippen molar-refractivity contribution in [3.63, 3.8) is 0 Å². The Morgan fingerprint density at radius 2 is 2.22 bits per heavy atom. The van der Waals surface area contributed by atoms with Crippen molar-refractivity contribution in [3.05, 3.63) is 18.3 Å². The molecule has 1 aromatic rings. The summed E-state index contributed by atoms with van der Waals surface area (Å²) >= 11 is 1.47. The standard InChI is InChI=1S/C13H19N3OS/c1-10-4-6-16(7-5-10)13(17)9-18-12-3-2-11(14)8-15-12/h2-3,8,10H,4-7,9,14H2,1H3. The zero-order chi connectivity index (χ0) is 13.0. The van der Waals surface area contributed by atoms with Crippen LogP contribution in [0, 0.1) is 5.92 Å². The van der Waals surface area contributed by atoms with E-state index in [1.165, 1.54) is 11.8 Å². The van der Waals surface area contributed by atoms with Gasteiger partial charge in [0, 0.05) is 13.1 Å². The van der Waals surface area contributed by atoms with Crippen molar-refractivity contribution < 1.29 is 4.79 Å². The highest BCUT2D eigenvalue weighted by Gasteiger charge is 2.20. The van der Waals surface area contributed by atoms with Crippen LogP contribution in [0.4, 0.5) is 5.69 Å². The van der Waals surface area contributed by atoms with Crippen LogP contribution in [0.25, 0.3) is 0 Å². The molecule has 18 heavy (non-hydrogen) atoms. The Morgan fingerprint density at radius 1 is 1.50 bits per heavy atom. The van der Waals surface area contributed by atoms with E-state index in [2.05, 4.69) is 11.9 Å². The Balaban J connectivity index is 1.79. The third-order valence-electron chi connectivity index (χ3n) is 3.24. The van der Waals surface area contributed by atoms with Gasteiger partial charge < -0.3 is 10.6 Å². The number of hydrogen-bond acceptors (Lipinski definition) is 4. The van der Waals surface area contributed by atoms with Crippen LogP contribution >= 0.6 is 11.8 Å². The monoisotopic (exact) mass is 265 g/mol. The van der Waals surface area contributed by atoms with Crippen molar-refractivity contribution in [2.75, 3.05) is 24.6 Å². The number of nitrogens with two attached hydrogens (primary N) is 1. The van der Waals surface area contributed by atoms with E-state index in [1.54, 1.807) is 6.20 Å². The fraction of sp³-hybridized carbons (Fsp3) is 0.538. The molecule has 0 atom stereocenters. The van der Waals surface area contributed by atoms with Gasteiger partial charge in [-0.25, -0.2) is 4.98 Å². The summed E-state index contributed by atoms with van der Waals surface area (Å²) < 4.78 is 0. The van der Waals surface area contributed by atoms with Crippen LogP contribution < -0.4 is 5.73 Å². The number of piperidine rings is 1. The van der Waals surface area contributed by atoms with Gasteiger partial charge in [0.15, 0.2) is 0 Å². The van der Waals surface area contributed by atoms with Crippen LogP contribution in [0.5, 0.6) is 0 Å². The molecule has 0 saturated carbocycles. The highest BCUT2D eigenvalue weighted by Crippen LogP contribution is 2.20. The number of likely N-dealkylation sites (tertiary alicyclic amines) is 1. The van der Waals surface area contributed by atoms with E-state index in [0.717, 1.165) is 36.9 Å². The zero-order valence-corrected chi connectivity index (χ0v) is 11.4. The van der Waals surface area contributed by atoms with E-state index in [-0.39, 0.29) is 5.91 Å². The van der Waals surface area contributed by atoms with Gasteiger partial charge in [0.05, 0.1) is 22.7 Å². The number of carbonyl (C=O) groups is 1. The predicted octanol–water partition coefficient (Wildman–Crippen LogP) is 2.01. The highest BCUT2D eigenvalue weighted by atomic mass is 32.2. The van der Waals surface area contributed by atoms with E-state index >= 15 is 0 Å². The molecule has 1 aliphatic rings. The van der Waals surface area contributed by atoms with Gasteiger partial charge in [-0.3, -0.25) is 4.79 Å². The third-order valence-corrected chi connectivity index (χ3v) is 4.17. The molecule has 2 N–H and O–H groups in total. The van der Waals surface area contributed by atoms with Gasteiger partial charge in [-0.2, -0.15) is 0 Å². The molecule has 0 spiro atoms. The number of nitrogens with zero attached hydrogens (tertiary/aromatic N) is 2. The maximum Gasteiger partial charge on any atom is 0.232 e. The molecule has 2 rings (SSSR count). The van der Waals surface area contributed by atoms with Crippen molar-refractivity contribution in [1.82, 2.24) is 9.88 Å². The molecular formula is C13H19N3OS. The minimum Gasteiger partial charge on any atom is -0.397 e. The van der Waals surface area contributed by atoms with Crippen molar-refractivity contribution in [1.29, 1.82) is 0 Å². The number of pyridine rings is 1. The molecule has 1 aromatic heterocycles. The van der Waals surface area contributed by atoms with Crippen LogP contribution in [0.2, 0.25) is 0 Å². The van der Waals surface area contributed by atoms with E-state index in [9.17, 15) is 4.79 Å². The summed E-state index contributed by atoms with van der Waals surface area (Å²) in [6.45, 7) is 4.04. The molecule has 4 nitrogen and oxygen atoms in total. The van der Waals surface area contributed by atoms with Crippen molar-refractivity contribution in [2.45, 2.75) is 24.8 Å². The molecule has 2 heterocycles. The van der Waals surface area contributed by atoms with Crippen LogP contribution in [0.1, 0.15) is 19.8 Å². The molecule has 1 amide bonds. The van der Waals surface area contributed by atoms with Crippen molar-refractivity contribution >= 4 is 23.4 Å². The van der Waals surface area contributed by atoms with E-state index in [4.69, 9.17) is 5.73 Å². The lowest BCUT2D eigenvalue weighted by Crippen LogP contribution is -2.38. The summed E-state index contributed by atoms with van der Waals surface area (Å²) in [5, 5.41) is 0.850. The molecule has 1 fully saturated rings. The number of hydrogen-bond donors (Lipinski definition) is 1. The zero-order valence-electron chi connectivity index (χ0n) is 10.6. The molecule has 0 aliphatic carbocycles. The second-order valence-electron chi connectivity index (χ2n) is 4.78. The summed E-state index contributed by atoms with van der Waals surface area (Å²) in [4.78, 5) is 18.1. The van der Waals surface area contributed by atoms with Gasteiger partial charge in [0.1, 0.15) is 0 Å². The molecule has 0 unspecified atom stereocenters. The van der Waals surface area contributed by atoms with Gasteiger partial charge in [0.25, 0.3) is 0 Å². The highest BCUT2D eigenvalue weighted by molar-refractivity contribution is 7.99. The first-order valence-electron chi connectivity index (χ1n) is 6.27. The number of rotatable bonds is 3. The van der Waals surface area contributed by atoms with Crippen LogP contribution in [-0.2, 0) is 4.79 Å². The van der Waals surface area contributed by atoms with Gasteiger partial charge in [-0.05, 0) is 30.9 Å². The number of thioether (sulfide) groups is 1. The number of carbonyl (C=O) groups excluding carboxylic acids is 1. The lowest BCUT2D eigenvalue weighted by molar-refractivity contribution is -0.129. The minimum absolute atomic E-state index is 0.213. The summed E-state index contributed by atoms with van der Waals surface area (Å²) in [6, 6.07) is 3.66. The summed E-state index contributed by atoms with van der Waals surface area (Å²) in [7, 11) is 0. The topological polar surface area (TPSA) is 59.2 Å². The summed E-state index contributed by atoms with van der Waals surface area (Å²) in [5.41, 5.74) is 6.21. The van der Waals surface area contributed by atoms with E-state index in [0.29, 0.717) is 11.4 Å². The van der Waals surface area contributed by atoms with Gasteiger partial charge in [-0.15, -0.1) is 0 Å². The lowest BCUT2D eigenvalue weighted by atomic mass is 9.99. The number of amides is 1. The quantitative estimate of drug-likeness (QED) is 0.849. The second-order valence-corrected chi connectivity index (χ2v) is 5.78. The first kappa shape index (κ1) is 13.2. The predicted molar refractivity (Wildman–Crippen MR) is 74.4 cm³/mol. The van der Waals surface area contributed by atoms with Crippen LogP contribution in [-0.4, -0.2) is 34.6 Å². The Kier molecular flexibility index (Phi) is 4.47. The van der Waals surface area contributed by atoms with Crippen LogP contribution in [0.15, 0.2) is 23.4 Å². The van der Waals surface area contributed by atoms with E-state index in [1.807, 2.05) is 17.0 Å². The van der Waals surface area contributed by atoms with Crippen molar-refractivity contribution in [2.24, 2.45) is 5.92 Å². The summed E-state index contributed by atoms with van der Waals surface area (Å²) in [6.07, 6.45) is 3.86. The van der Waals surface area contributed by atoms with Crippen molar-refractivity contribution in [3.8, 4) is 0 Å². The lowest BCUT2D eigenvalue weighted by Gasteiger charge is -2.30. The average Bonchev–Trinajstić information content (AvgIpc) is 2.38. The molecule has 5 heteroatoms. The van der Waals surface area contributed by atoms with Gasteiger partial charge >= 0.3 is 0 Å². The molecule has 1 aliphatic heterocycles. The molecule has 0 bridgehead atoms. The van der Waals surface area contributed by atoms with Gasteiger partial charge in [-0.1, -0.05) is 18.7 Å². The average molecular weight is 265 g/mol. The smallest absolute Gasteiger partial charge is 0.232 e. The molecule has 0 aromatic carbocycles. The fourth-order valence-electron chi connectivity index (χ4n) is 1.96. The largest absolute Gasteiger partial charge is 0.397 e. The molecule has 98 valence electrons. The molecule has 1 saturated heterocycles. The number of aromatic nitrogens is 1. The maximum atomic E-state index is 12.0. The van der Waals surface area contributed by atoms with Crippen LogP contribution in [0.3, 0.4) is 0 Å². The Hall–Kier alpha value is -1.23. The maximum absolute atomic E-state index is 12.0. The Labute approximate surface area is 112 Å². The summed E-state index contributed by atoms with van der Waals surface area (Å²) in [5.74, 6) is 1.43. The SMILES string of the molecule is CC1CCN(C(=O)CSc2ccc(N)cn2)CC1. The first-order chi connectivity index (χ1) is 8.65. The van der Waals surface area contributed by atoms with E-state index < -0.39 is 0 Å². The Morgan fingerprint density at radius 3 is 2.83 bits per heavy atom.